The van der Waals surface area contributed by atoms with Crippen LogP contribution in [0, 0.1) is 20.8 Å². The maximum absolute atomic E-state index is 5.20. The molecule has 0 atom stereocenters. The molecule has 1 fully saturated rings. The van der Waals surface area contributed by atoms with E-state index in [-0.39, 0.29) is 0 Å². The van der Waals surface area contributed by atoms with E-state index >= 15 is 0 Å². The first kappa shape index (κ1) is 16.2. The van der Waals surface area contributed by atoms with Crippen LogP contribution in [-0.4, -0.2) is 57.4 Å². The van der Waals surface area contributed by atoms with Crippen LogP contribution >= 0.6 is 11.8 Å². The summed E-state index contributed by atoms with van der Waals surface area (Å²) in [6.07, 6.45) is 2.01. The van der Waals surface area contributed by atoms with Gasteiger partial charge >= 0.3 is 0 Å². The van der Waals surface area contributed by atoms with Crippen LogP contribution in [-0.2, 0) is 6.54 Å². The van der Waals surface area contributed by atoms with Gasteiger partial charge in [-0.05, 0) is 27.0 Å². The van der Waals surface area contributed by atoms with Crippen LogP contribution in [0.2, 0.25) is 0 Å². The van der Waals surface area contributed by atoms with Crippen molar-refractivity contribution in [1.29, 1.82) is 0 Å². The summed E-state index contributed by atoms with van der Waals surface area (Å²) in [4.78, 5) is 18.2. The summed E-state index contributed by atoms with van der Waals surface area (Å²) in [6.45, 7) is 10.5. The monoisotopic (exact) mass is 334 g/mol. The summed E-state index contributed by atoms with van der Waals surface area (Å²) < 4.78 is 5.20. The highest BCUT2D eigenvalue weighted by molar-refractivity contribution is 7.98. The maximum Gasteiger partial charge on any atom is 0.240 e. The lowest BCUT2D eigenvalue weighted by atomic mass is 10.2. The second-order valence-electron chi connectivity index (χ2n) is 5.74. The standard InChI is InChI=1S/C15H22N6OS/c1-10-11(2)16-15(23-4)18-14(10)21-7-5-20(6-8-21)9-13-17-12(3)19-22-13/h5-9H2,1-4H3. The van der Waals surface area contributed by atoms with E-state index in [9.17, 15) is 0 Å². The molecular formula is C15H22N6OS. The van der Waals surface area contributed by atoms with E-state index in [2.05, 4.69) is 31.8 Å². The van der Waals surface area contributed by atoms with Gasteiger partial charge in [-0.25, -0.2) is 9.97 Å². The molecule has 3 rings (SSSR count). The molecule has 0 amide bonds. The molecule has 0 aliphatic carbocycles. The highest BCUT2D eigenvalue weighted by Crippen LogP contribution is 2.24. The molecule has 0 bridgehead atoms. The Balaban J connectivity index is 1.66. The van der Waals surface area contributed by atoms with Crippen molar-refractivity contribution in [1.82, 2.24) is 25.0 Å². The molecule has 0 unspecified atom stereocenters. The van der Waals surface area contributed by atoms with Gasteiger partial charge in [0, 0.05) is 37.4 Å². The van der Waals surface area contributed by atoms with Crippen LogP contribution < -0.4 is 4.90 Å². The van der Waals surface area contributed by atoms with Crippen LogP contribution in [0.25, 0.3) is 0 Å². The molecule has 124 valence electrons. The molecule has 1 aliphatic heterocycles. The van der Waals surface area contributed by atoms with Crippen molar-refractivity contribution in [3.05, 3.63) is 23.0 Å². The predicted octanol–water partition coefficient (Wildman–Crippen LogP) is 1.83. The molecule has 1 saturated heterocycles. The first-order valence-electron chi connectivity index (χ1n) is 7.72. The van der Waals surface area contributed by atoms with Crippen molar-refractivity contribution in [3.8, 4) is 0 Å². The van der Waals surface area contributed by atoms with E-state index in [1.807, 2.05) is 20.1 Å². The summed E-state index contributed by atoms with van der Waals surface area (Å²) in [7, 11) is 0. The summed E-state index contributed by atoms with van der Waals surface area (Å²) in [5.74, 6) is 2.44. The minimum absolute atomic E-state index is 0.690. The molecule has 8 heteroatoms. The average molecular weight is 334 g/mol. The molecule has 0 spiro atoms. The van der Waals surface area contributed by atoms with Gasteiger partial charge in [0.25, 0.3) is 0 Å². The molecule has 0 radical (unpaired) electrons. The lowest BCUT2D eigenvalue weighted by Gasteiger charge is -2.35. The summed E-state index contributed by atoms with van der Waals surface area (Å²) in [5.41, 5.74) is 2.23. The van der Waals surface area contributed by atoms with Crippen LogP contribution in [0.5, 0.6) is 0 Å². The first-order valence-corrected chi connectivity index (χ1v) is 8.95. The van der Waals surface area contributed by atoms with E-state index in [0.29, 0.717) is 18.3 Å². The van der Waals surface area contributed by atoms with Gasteiger partial charge in [-0.15, -0.1) is 0 Å². The van der Waals surface area contributed by atoms with Crippen LogP contribution in [0.3, 0.4) is 0 Å². The second-order valence-corrected chi connectivity index (χ2v) is 6.52. The van der Waals surface area contributed by atoms with Crippen LogP contribution in [0.4, 0.5) is 5.82 Å². The van der Waals surface area contributed by atoms with Crippen molar-refractivity contribution in [2.24, 2.45) is 0 Å². The van der Waals surface area contributed by atoms with Crippen LogP contribution in [0.1, 0.15) is 23.0 Å². The van der Waals surface area contributed by atoms with Gasteiger partial charge in [0.05, 0.1) is 6.54 Å². The van der Waals surface area contributed by atoms with E-state index in [0.717, 1.165) is 42.8 Å². The predicted molar refractivity (Wildman–Crippen MR) is 89.8 cm³/mol. The van der Waals surface area contributed by atoms with Gasteiger partial charge in [0.2, 0.25) is 5.89 Å². The Morgan fingerprint density at radius 3 is 2.39 bits per heavy atom. The van der Waals surface area contributed by atoms with Crippen molar-refractivity contribution in [2.45, 2.75) is 32.5 Å². The summed E-state index contributed by atoms with van der Waals surface area (Å²) in [5, 5.41) is 4.68. The maximum atomic E-state index is 5.20. The molecule has 7 nitrogen and oxygen atoms in total. The lowest BCUT2D eigenvalue weighted by molar-refractivity contribution is 0.215. The third-order valence-corrected chi connectivity index (χ3v) is 4.67. The Kier molecular flexibility index (Phi) is 4.82. The zero-order chi connectivity index (χ0) is 16.4. The Labute approximate surface area is 140 Å². The fourth-order valence-electron chi connectivity index (χ4n) is 2.70. The first-order chi connectivity index (χ1) is 11.1. The molecule has 2 aromatic rings. The van der Waals surface area contributed by atoms with Crippen molar-refractivity contribution in [3.63, 3.8) is 0 Å². The fourth-order valence-corrected chi connectivity index (χ4v) is 3.11. The normalized spacial score (nSPS) is 16.1. The molecule has 1 aliphatic rings. The molecule has 0 aromatic carbocycles. The zero-order valence-corrected chi connectivity index (χ0v) is 14.9. The van der Waals surface area contributed by atoms with E-state index < -0.39 is 0 Å². The number of thioether (sulfide) groups is 1. The number of hydrogen-bond donors (Lipinski definition) is 0. The minimum Gasteiger partial charge on any atom is -0.354 e. The number of aromatic nitrogens is 4. The second kappa shape index (κ2) is 6.84. The summed E-state index contributed by atoms with van der Waals surface area (Å²) >= 11 is 1.59. The average Bonchev–Trinajstić information content (AvgIpc) is 2.96. The Bertz CT molecular complexity index is 681. The Hall–Kier alpha value is -1.67. The van der Waals surface area contributed by atoms with Gasteiger partial charge in [-0.1, -0.05) is 16.9 Å². The number of nitrogens with zero attached hydrogens (tertiary/aromatic N) is 6. The number of piperazine rings is 1. The molecule has 2 aromatic heterocycles. The Morgan fingerprint density at radius 2 is 1.78 bits per heavy atom. The molecule has 0 N–H and O–H groups in total. The fraction of sp³-hybridized carbons (Fsp3) is 0.600. The molecular weight excluding hydrogens is 312 g/mol. The van der Waals surface area contributed by atoms with Crippen molar-refractivity contribution >= 4 is 17.6 Å². The molecule has 23 heavy (non-hydrogen) atoms. The molecule has 3 heterocycles. The van der Waals surface area contributed by atoms with Gasteiger partial charge < -0.3 is 9.42 Å². The third-order valence-electron chi connectivity index (χ3n) is 4.13. The van der Waals surface area contributed by atoms with Crippen molar-refractivity contribution in [2.75, 3.05) is 37.3 Å². The number of aryl methyl sites for hydroxylation is 2. The third kappa shape index (κ3) is 3.64. The minimum atomic E-state index is 0.690. The smallest absolute Gasteiger partial charge is 0.240 e. The number of anilines is 1. The lowest BCUT2D eigenvalue weighted by Crippen LogP contribution is -2.46. The van der Waals surface area contributed by atoms with Gasteiger partial charge in [0.1, 0.15) is 5.82 Å². The van der Waals surface area contributed by atoms with Gasteiger partial charge in [0.15, 0.2) is 11.0 Å². The van der Waals surface area contributed by atoms with E-state index in [1.54, 1.807) is 11.8 Å². The van der Waals surface area contributed by atoms with E-state index in [1.165, 1.54) is 5.56 Å². The SMILES string of the molecule is CSc1nc(C)c(C)c(N2CCN(Cc3nc(C)no3)CC2)n1. The highest BCUT2D eigenvalue weighted by atomic mass is 32.2. The van der Waals surface area contributed by atoms with Crippen LogP contribution in [0.15, 0.2) is 9.68 Å². The summed E-state index contributed by atoms with van der Waals surface area (Å²) in [6, 6.07) is 0. The van der Waals surface area contributed by atoms with Gasteiger partial charge in [-0.3, -0.25) is 4.90 Å². The van der Waals surface area contributed by atoms with E-state index in [4.69, 9.17) is 9.51 Å². The number of rotatable bonds is 4. The topological polar surface area (TPSA) is 71.2 Å². The Morgan fingerprint density at radius 1 is 1.04 bits per heavy atom. The highest BCUT2D eigenvalue weighted by Gasteiger charge is 2.22. The zero-order valence-electron chi connectivity index (χ0n) is 14.0. The van der Waals surface area contributed by atoms with Crippen molar-refractivity contribution < 1.29 is 4.52 Å². The molecule has 0 saturated carbocycles. The largest absolute Gasteiger partial charge is 0.354 e. The number of hydrogen-bond acceptors (Lipinski definition) is 8. The van der Waals surface area contributed by atoms with Gasteiger partial charge in [-0.2, -0.15) is 4.98 Å². The quantitative estimate of drug-likeness (QED) is 0.619.